The molecule has 0 atom stereocenters. The van der Waals surface area contributed by atoms with Crippen LogP contribution < -0.4 is 5.73 Å². The molecule has 1 aromatic heterocycles. The summed E-state index contributed by atoms with van der Waals surface area (Å²) in [6, 6.07) is 8.41. The van der Waals surface area contributed by atoms with Crippen molar-refractivity contribution in [2.75, 3.05) is 0 Å². The number of phenolic OH excluding ortho intramolecular Hbond substituents is 1. The van der Waals surface area contributed by atoms with Crippen LogP contribution >= 0.6 is 0 Å². The van der Waals surface area contributed by atoms with Crippen LogP contribution in [0, 0.1) is 0 Å². The van der Waals surface area contributed by atoms with Crippen molar-refractivity contribution in [1.82, 2.24) is 4.57 Å². The number of phenols is 1. The van der Waals surface area contributed by atoms with Gasteiger partial charge in [0.1, 0.15) is 5.75 Å². The van der Waals surface area contributed by atoms with Gasteiger partial charge < -0.3 is 15.4 Å². The Morgan fingerprint density at radius 2 is 2.00 bits per heavy atom. The predicted octanol–water partition coefficient (Wildman–Crippen LogP) is 2.63. The van der Waals surface area contributed by atoms with Gasteiger partial charge in [0, 0.05) is 23.2 Å². The molecule has 0 bridgehead atoms. The van der Waals surface area contributed by atoms with Gasteiger partial charge in [0.2, 0.25) is 0 Å². The second-order valence-electron chi connectivity index (χ2n) is 5.53. The monoisotopic (exact) mass is 228 g/mol. The zero-order chi connectivity index (χ0) is 11.6. The minimum atomic E-state index is -0.1000. The van der Waals surface area contributed by atoms with Gasteiger partial charge in [-0.15, -0.1) is 0 Å². The first-order valence-electron chi connectivity index (χ1n) is 6.31. The van der Waals surface area contributed by atoms with Gasteiger partial charge in [0.15, 0.2) is 0 Å². The lowest BCUT2D eigenvalue weighted by Gasteiger charge is -2.14. The van der Waals surface area contributed by atoms with E-state index in [1.54, 1.807) is 6.07 Å². The molecule has 0 saturated heterocycles. The molecule has 0 unspecified atom stereocenters. The fourth-order valence-electron chi connectivity index (χ4n) is 2.71. The van der Waals surface area contributed by atoms with Crippen molar-refractivity contribution in [3.63, 3.8) is 0 Å². The molecule has 2 aliphatic carbocycles. The van der Waals surface area contributed by atoms with Crippen molar-refractivity contribution >= 4 is 10.9 Å². The van der Waals surface area contributed by atoms with Gasteiger partial charge in [-0.3, -0.25) is 0 Å². The SMILES string of the molecule is NC1(c2cc3ccc(O)cc3n2C2CC2)CC1. The van der Waals surface area contributed by atoms with Crippen molar-refractivity contribution in [3.8, 4) is 5.75 Å². The second kappa shape index (κ2) is 2.85. The standard InChI is InChI=1S/C14H16N2O/c15-14(5-6-14)13-7-9-1-4-11(17)8-12(9)16(13)10-2-3-10/h1,4,7-8,10,17H,2-3,5-6,15H2. The molecule has 17 heavy (non-hydrogen) atoms. The van der Waals surface area contributed by atoms with Gasteiger partial charge in [-0.2, -0.15) is 0 Å². The molecule has 3 nitrogen and oxygen atoms in total. The Hall–Kier alpha value is -1.48. The van der Waals surface area contributed by atoms with E-state index < -0.39 is 0 Å². The third-order valence-corrected chi connectivity index (χ3v) is 4.04. The third kappa shape index (κ3) is 1.32. The van der Waals surface area contributed by atoms with E-state index in [0.717, 1.165) is 18.4 Å². The summed E-state index contributed by atoms with van der Waals surface area (Å²) in [7, 11) is 0. The van der Waals surface area contributed by atoms with E-state index >= 15 is 0 Å². The van der Waals surface area contributed by atoms with Crippen LogP contribution in [0.2, 0.25) is 0 Å². The second-order valence-corrected chi connectivity index (χ2v) is 5.53. The molecule has 2 aliphatic rings. The first kappa shape index (κ1) is 9.54. The van der Waals surface area contributed by atoms with E-state index in [9.17, 15) is 5.11 Å². The van der Waals surface area contributed by atoms with E-state index in [2.05, 4.69) is 10.6 Å². The summed E-state index contributed by atoms with van der Waals surface area (Å²) in [6.07, 6.45) is 4.65. The summed E-state index contributed by atoms with van der Waals surface area (Å²) in [6.45, 7) is 0. The van der Waals surface area contributed by atoms with Gasteiger partial charge in [0.25, 0.3) is 0 Å². The Bertz CT molecular complexity index is 606. The molecule has 4 rings (SSSR count). The maximum absolute atomic E-state index is 9.64. The van der Waals surface area contributed by atoms with E-state index in [1.165, 1.54) is 23.9 Å². The molecule has 2 saturated carbocycles. The minimum Gasteiger partial charge on any atom is -0.508 e. The minimum absolute atomic E-state index is 0.1000. The lowest BCUT2D eigenvalue weighted by Crippen LogP contribution is -2.22. The van der Waals surface area contributed by atoms with Gasteiger partial charge in [-0.05, 0) is 43.9 Å². The molecule has 3 heteroatoms. The molecule has 0 radical (unpaired) electrons. The largest absolute Gasteiger partial charge is 0.508 e. The summed E-state index contributed by atoms with van der Waals surface area (Å²) in [5, 5.41) is 10.8. The van der Waals surface area contributed by atoms with Crippen LogP contribution in [0.3, 0.4) is 0 Å². The molecule has 0 amide bonds. The molecular formula is C14H16N2O. The van der Waals surface area contributed by atoms with E-state index in [1.807, 2.05) is 12.1 Å². The summed E-state index contributed by atoms with van der Waals surface area (Å²) in [5.41, 5.74) is 8.66. The van der Waals surface area contributed by atoms with Crippen LogP contribution in [-0.4, -0.2) is 9.67 Å². The van der Waals surface area contributed by atoms with Crippen LogP contribution in [-0.2, 0) is 5.54 Å². The van der Waals surface area contributed by atoms with Gasteiger partial charge >= 0.3 is 0 Å². The Morgan fingerprint density at radius 1 is 1.24 bits per heavy atom. The molecule has 2 aromatic rings. The lowest BCUT2D eigenvalue weighted by molar-refractivity contribution is 0.475. The highest BCUT2D eigenvalue weighted by molar-refractivity contribution is 5.83. The first-order chi connectivity index (χ1) is 8.17. The molecular weight excluding hydrogens is 212 g/mol. The van der Waals surface area contributed by atoms with Crippen molar-refractivity contribution in [2.45, 2.75) is 37.3 Å². The van der Waals surface area contributed by atoms with Crippen LogP contribution in [0.25, 0.3) is 10.9 Å². The van der Waals surface area contributed by atoms with Crippen LogP contribution in [0.5, 0.6) is 5.75 Å². The highest BCUT2D eigenvalue weighted by atomic mass is 16.3. The summed E-state index contributed by atoms with van der Waals surface area (Å²) < 4.78 is 2.36. The number of benzene rings is 1. The van der Waals surface area contributed by atoms with Crippen LogP contribution in [0.4, 0.5) is 0 Å². The molecule has 1 aromatic carbocycles. The topological polar surface area (TPSA) is 51.2 Å². The van der Waals surface area contributed by atoms with Crippen LogP contribution in [0.1, 0.15) is 37.4 Å². The smallest absolute Gasteiger partial charge is 0.117 e. The first-order valence-corrected chi connectivity index (χ1v) is 6.31. The molecule has 0 aliphatic heterocycles. The van der Waals surface area contributed by atoms with Crippen molar-refractivity contribution in [2.24, 2.45) is 5.73 Å². The maximum Gasteiger partial charge on any atom is 0.117 e. The number of aromatic hydroxyl groups is 1. The number of hydrogen-bond acceptors (Lipinski definition) is 2. The fraction of sp³-hybridized carbons (Fsp3) is 0.429. The van der Waals surface area contributed by atoms with Gasteiger partial charge in [-0.25, -0.2) is 0 Å². The summed E-state index contributed by atoms with van der Waals surface area (Å²) >= 11 is 0. The van der Waals surface area contributed by atoms with E-state index in [0.29, 0.717) is 11.8 Å². The Balaban J connectivity index is 2.02. The highest BCUT2D eigenvalue weighted by Gasteiger charge is 2.44. The number of hydrogen-bond donors (Lipinski definition) is 2. The maximum atomic E-state index is 9.64. The Kier molecular flexibility index (Phi) is 1.60. The lowest BCUT2D eigenvalue weighted by atomic mass is 10.2. The number of rotatable bonds is 2. The number of nitrogens with zero attached hydrogens (tertiary/aromatic N) is 1. The average Bonchev–Trinajstić information content (AvgIpc) is 3.21. The van der Waals surface area contributed by atoms with Gasteiger partial charge in [0.05, 0.1) is 11.1 Å². The highest BCUT2D eigenvalue weighted by Crippen LogP contribution is 2.49. The molecule has 1 heterocycles. The molecule has 88 valence electrons. The van der Waals surface area contributed by atoms with E-state index in [4.69, 9.17) is 5.73 Å². The van der Waals surface area contributed by atoms with Crippen molar-refractivity contribution in [3.05, 3.63) is 30.0 Å². The zero-order valence-electron chi connectivity index (χ0n) is 9.69. The Labute approximate surface area is 99.8 Å². The van der Waals surface area contributed by atoms with E-state index in [-0.39, 0.29) is 5.54 Å². The van der Waals surface area contributed by atoms with Crippen molar-refractivity contribution in [1.29, 1.82) is 0 Å². The summed E-state index contributed by atoms with van der Waals surface area (Å²) in [5.74, 6) is 0.339. The number of nitrogens with two attached hydrogens (primary N) is 1. The number of fused-ring (bicyclic) bond motifs is 1. The quantitative estimate of drug-likeness (QED) is 0.830. The normalized spacial score (nSPS) is 21.9. The van der Waals surface area contributed by atoms with Gasteiger partial charge in [-0.1, -0.05) is 0 Å². The fourth-order valence-corrected chi connectivity index (χ4v) is 2.71. The molecule has 0 spiro atoms. The zero-order valence-corrected chi connectivity index (χ0v) is 9.69. The summed E-state index contributed by atoms with van der Waals surface area (Å²) in [4.78, 5) is 0. The number of aromatic nitrogens is 1. The molecule has 2 fully saturated rings. The Morgan fingerprint density at radius 3 is 2.65 bits per heavy atom. The van der Waals surface area contributed by atoms with Crippen LogP contribution in [0.15, 0.2) is 24.3 Å². The molecule has 3 N–H and O–H groups in total. The predicted molar refractivity (Wildman–Crippen MR) is 67.0 cm³/mol. The van der Waals surface area contributed by atoms with Crippen molar-refractivity contribution < 1.29 is 5.11 Å². The third-order valence-electron chi connectivity index (χ3n) is 4.04. The average molecular weight is 228 g/mol.